The van der Waals surface area contributed by atoms with Crippen molar-refractivity contribution in [3.63, 3.8) is 0 Å². The lowest BCUT2D eigenvalue weighted by Crippen LogP contribution is -2.54. The third-order valence-corrected chi connectivity index (χ3v) is 13.7. The molecule has 5 N–H and O–H groups in total. The molecule has 0 radical (unpaired) electrons. The first-order chi connectivity index (χ1) is 29.4. The number of imide groups is 2. The van der Waals surface area contributed by atoms with Crippen LogP contribution in [0.1, 0.15) is 119 Å². The molecule has 4 aromatic rings. The highest BCUT2D eigenvalue weighted by molar-refractivity contribution is 7.18. The van der Waals surface area contributed by atoms with E-state index in [9.17, 15) is 47.4 Å². The van der Waals surface area contributed by atoms with E-state index in [0.717, 1.165) is 78.5 Å². The zero-order valence-corrected chi connectivity index (χ0v) is 35.1. The van der Waals surface area contributed by atoms with Crippen LogP contribution in [0.25, 0.3) is 10.2 Å². The average molecular weight is 876 g/mol. The number of hydrogen-bond donors (Lipinski definition) is 5. The molecule has 4 aliphatic rings. The Balaban J connectivity index is 0.827. The van der Waals surface area contributed by atoms with Gasteiger partial charge in [-0.1, -0.05) is 12.1 Å². The van der Waals surface area contributed by atoms with Gasteiger partial charge in [-0.2, -0.15) is 13.2 Å². The van der Waals surface area contributed by atoms with Gasteiger partial charge in [0.2, 0.25) is 11.8 Å². The number of pyridine rings is 1. The first kappa shape index (κ1) is 43.4. The summed E-state index contributed by atoms with van der Waals surface area (Å²) < 4.78 is 40.5. The summed E-state index contributed by atoms with van der Waals surface area (Å²) in [5.41, 5.74) is -0.779. The van der Waals surface area contributed by atoms with Crippen LogP contribution in [0.2, 0.25) is 0 Å². The maximum absolute atomic E-state index is 13.4. The molecule has 0 spiro atoms. The number of fused-ring (bicyclic) bond motifs is 2. The molecule has 18 heteroatoms. The highest BCUT2D eigenvalue weighted by Crippen LogP contribution is 2.42. The van der Waals surface area contributed by atoms with Crippen LogP contribution in [0.15, 0.2) is 48.5 Å². The standard InChI is InChI=1S/C44H48F3N7O7S/c1-43(2,61)27-20-31-34(21-30(27)50-38(57)29-7-4-8-35(49-29)44(45,46)47)62-40(51-31)24-9-10-25(33(55)19-24)22-53-17-14-23(15-18-53)13-16-48-28-6-3-5-26-37(28)42(60)54(41(26)59)32-11-12-36(56)52-39(32)58/h3-8,20-21,23-25,32-33,48,55,61H,9-19,22H2,1-2H3,(H,50,57)(H,52,56,58)/t24-,25+,32?,33?/m0/s1. The number of halogens is 3. The lowest BCUT2D eigenvalue weighted by molar-refractivity contribution is -0.141. The second-order valence-corrected chi connectivity index (χ2v) is 18.4. The van der Waals surface area contributed by atoms with E-state index in [1.807, 2.05) is 0 Å². The number of carbonyl (C=O) groups excluding carboxylic acids is 5. The number of nitrogens with one attached hydrogen (secondary N) is 3. The molecule has 2 unspecified atom stereocenters. The second kappa shape index (κ2) is 17.1. The predicted octanol–water partition coefficient (Wildman–Crippen LogP) is 6.05. The molecule has 1 aliphatic carbocycles. The van der Waals surface area contributed by atoms with Crippen molar-refractivity contribution in [3.8, 4) is 0 Å². The van der Waals surface area contributed by atoms with Crippen LogP contribution >= 0.6 is 11.3 Å². The van der Waals surface area contributed by atoms with Crippen LogP contribution in [0, 0.1) is 11.8 Å². The van der Waals surface area contributed by atoms with Crippen LogP contribution in [-0.2, 0) is 21.4 Å². The van der Waals surface area contributed by atoms with Gasteiger partial charge in [-0.05, 0) is 120 Å². The summed E-state index contributed by atoms with van der Waals surface area (Å²) in [6.07, 6.45) is -0.0718. The smallest absolute Gasteiger partial charge is 0.393 e. The van der Waals surface area contributed by atoms with Crippen molar-refractivity contribution in [1.29, 1.82) is 0 Å². The van der Waals surface area contributed by atoms with Crippen LogP contribution in [0.5, 0.6) is 0 Å². The van der Waals surface area contributed by atoms with Crippen LogP contribution in [-0.4, -0.2) is 97.8 Å². The fourth-order valence-corrected chi connectivity index (χ4v) is 10.3. The van der Waals surface area contributed by atoms with Gasteiger partial charge in [0.05, 0.1) is 38.1 Å². The normalized spacial score (nSPS) is 22.9. The van der Waals surface area contributed by atoms with Crippen LogP contribution < -0.4 is 16.0 Å². The number of anilines is 2. The van der Waals surface area contributed by atoms with Gasteiger partial charge in [-0.3, -0.25) is 34.2 Å². The van der Waals surface area contributed by atoms with Crippen molar-refractivity contribution in [2.45, 2.75) is 95.1 Å². The van der Waals surface area contributed by atoms with Gasteiger partial charge in [0.1, 0.15) is 17.4 Å². The molecule has 8 rings (SSSR count). The maximum Gasteiger partial charge on any atom is 0.433 e. The molecule has 4 atom stereocenters. The number of rotatable bonds is 11. The number of nitrogens with zero attached hydrogens (tertiary/aromatic N) is 4. The van der Waals surface area contributed by atoms with Crippen LogP contribution in [0.3, 0.4) is 0 Å². The third kappa shape index (κ3) is 8.96. The molecule has 14 nitrogen and oxygen atoms in total. The lowest BCUT2D eigenvalue weighted by Gasteiger charge is -2.38. The number of amides is 5. The fraction of sp³-hybridized carbons (Fsp3) is 0.477. The molecular formula is C44H48F3N7O7S. The molecule has 3 fully saturated rings. The van der Waals surface area contributed by atoms with Crippen molar-refractivity contribution in [3.05, 3.63) is 81.6 Å². The quantitative estimate of drug-likeness (QED) is 0.110. The summed E-state index contributed by atoms with van der Waals surface area (Å²) in [4.78, 5) is 75.6. The highest BCUT2D eigenvalue weighted by Gasteiger charge is 2.46. The number of alkyl halides is 3. The number of aromatic nitrogens is 2. The van der Waals surface area contributed by atoms with E-state index in [-0.39, 0.29) is 41.5 Å². The molecule has 1 saturated carbocycles. The molecule has 2 saturated heterocycles. The Morgan fingerprint density at radius 3 is 2.42 bits per heavy atom. The first-order valence-corrected chi connectivity index (χ1v) is 21.8. The Labute approximate surface area is 359 Å². The highest BCUT2D eigenvalue weighted by atomic mass is 32.1. The van der Waals surface area contributed by atoms with Gasteiger partial charge in [0.25, 0.3) is 17.7 Å². The molecule has 328 valence electrons. The van der Waals surface area contributed by atoms with E-state index in [1.54, 1.807) is 44.2 Å². The monoisotopic (exact) mass is 875 g/mol. The number of piperidine rings is 2. The molecule has 0 bridgehead atoms. The number of aliphatic hydroxyl groups is 2. The summed E-state index contributed by atoms with van der Waals surface area (Å²) in [6, 6.07) is 10.5. The first-order valence-electron chi connectivity index (χ1n) is 21.0. The Bertz CT molecular complexity index is 2430. The summed E-state index contributed by atoms with van der Waals surface area (Å²) >= 11 is 1.43. The van der Waals surface area contributed by atoms with Crippen molar-refractivity contribution in [2.75, 3.05) is 36.8 Å². The van der Waals surface area contributed by atoms with E-state index >= 15 is 0 Å². The van der Waals surface area contributed by atoms with E-state index in [4.69, 9.17) is 4.98 Å². The predicted molar refractivity (Wildman–Crippen MR) is 224 cm³/mol. The van der Waals surface area contributed by atoms with Gasteiger partial charge in [0, 0.05) is 42.4 Å². The number of hydrogen-bond acceptors (Lipinski definition) is 12. The number of aliphatic hydroxyl groups excluding tert-OH is 1. The summed E-state index contributed by atoms with van der Waals surface area (Å²) in [7, 11) is 0. The number of carbonyl (C=O) groups is 5. The summed E-state index contributed by atoms with van der Waals surface area (Å²) in [5, 5.41) is 31.4. The van der Waals surface area contributed by atoms with E-state index in [1.165, 1.54) is 17.4 Å². The van der Waals surface area contributed by atoms with Crippen LogP contribution in [0.4, 0.5) is 24.5 Å². The number of likely N-dealkylation sites (tertiary alicyclic amines) is 1. The molecule has 2 aromatic carbocycles. The van der Waals surface area contributed by atoms with E-state index in [2.05, 4.69) is 25.8 Å². The van der Waals surface area contributed by atoms with E-state index < -0.39 is 64.8 Å². The Kier molecular flexibility index (Phi) is 12.0. The average Bonchev–Trinajstić information content (AvgIpc) is 3.76. The van der Waals surface area contributed by atoms with Gasteiger partial charge < -0.3 is 25.7 Å². The zero-order valence-electron chi connectivity index (χ0n) is 34.3. The summed E-state index contributed by atoms with van der Waals surface area (Å²) in [5.74, 6) is -2.42. The molecule has 3 aliphatic heterocycles. The Hall–Kier alpha value is -5.30. The Morgan fingerprint density at radius 1 is 0.952 bits per heavy atom. The minimum Gasteiger partial charge on any atom is -0.393 e. The molecular weight excluding hydrogens is 828 g/mol. The SMILES string of the molecule is CC(C)(O)c1cc2nc([C@H]3CC[C@H](CN4CCC(CCNc5cccc6c5C(=O)N(C5CCC(=O)NC5=O)C6=O)CC4)C(O)C3)sc2cc1NC(=O)c1cccc(C(F)(F)F)n1. The topological polar surface area (TPSA) is 194 Å². The molecule has 62 heavy (non-hydrogen) atoms. The largest absolute Gasteiger partial charge is 0.433 e. The lowest BCUT2D eigenvalue weighted by atomic mass is 9.79. The maximum atomic E-state index is 13.4. The number of thiazole rings is 1. The van der Waals surface area contributed by atoms with Gasteiger partial charge in [0.15, 0.2) is 0 Å². The third-order valence-electron chi connectivity index (χ3n) is 12.6. The van der Waals surface area contributed by atoms with Crippen molar-refractivity contribution >= 4 is 62.5 Å². The molecule has 5 amide bonds. The number of benzene rings is 2. The fourth-order valence-electron chi connectivity index (χ4n) is 9.19. The van der Waals surface area contributed by atoms with Crippen molar-refractivity contribution < 1.29 is 47.4 Å². The van der Waals surface area contributed by atoms with Crippen molar-refractivity contribution in [1.82, 2.24) is 25.1 Å². The van der Waals surface area contributed by atoms with Gasteiger partial charge >= 0.3 is 6.18 Å². The van der Waals surface area contributed by atoms with E-state index in [0.29, 0.717) is 35.7 Å². The second-order valence-electron chi connectivity index (χ2n) is 17.3. The minimum atomic E-state index is -4.71. The Morgan fingerprint density at radius 2 is 1.71 bits per heavy atom. The molecule has 5 heterocycles. The van der Waals surface area contributed by atoms with Gasteiger partial charge in [-0.15, -0.1) is 11.3 Å². The van der Waals surface area contributed by atoms with Crippen molar-refractivity contribution in [2.24, 2.45) is 11.8 Å². The minimum absolute atomic E-state index is 0.00888. The summed E-state index contributed by atoms with van der Waals surface area (Å²) in [6.45, 7) is 6.27. The van der Waals surface area contributed by atoms with Gasteiger partial charge in [-0.25, -0.2) is 9.97 Å². The molecule has 2 aromatic heterocycles. The zero-order chi connectivity index (χ0) is 44.1.